The van der Waals surface area contributed by atoms with Gasteiger partial charge in [0.1, 0.15) is 30.8 Å². The predicted octanol–water partition coefficient (Wildman–Crippen LogP) is 7.79. The quantitative estimate of drug-likeness (QED) is 0.0517. The molecule has 3 amide bonds. The number of carbonyl (C=O) groups is 3. The van der Waals surface area contributed by atoms with Crippen molar-refractivity contribution in [3.8, 4) is 11.5 Å². The van der Waals surface area contributed by atoms with Gasteiger partial charge in [-0.15, -0.1) is 0 Å². The Hall–Kier alpha value is -4.23. The number of rotatable bonds is 25. The Balaban J connectivity index is 1.01. The molecule has 13 heteroatoms. The number of hydrogen-bond acceptors (Lipinski definition) is 10. The van der Waals surface area contributed by atoms with Crippen LogP contribution >= 0.6 is 0 Å². The first-order valence-corrected chi connectivity index (χ1v) is 22.3. The van der Waals surface area contributed by atoms with Crippen molar-refractivity contribution in [2.24, 2.45) is 0 Å². The highest BCUT2D eigenvalue weighted by atomic mass is 16.6. The molecule has 2 aliphatic heterocycles. The normalized spacial score (nSPS) is 21.0. The molecule has 59 heavy (non-hydrogen) atoms. The predicted molar refractivity (Wildman–Crippen MR) is 229 cm³/mol. The van der Waals surface area contributed by atoms with Gasteiger partial charge in [-0.3, -0.25) is 9.80 Å². The largest absolute Gasteiger partial charge is 0.490 e. The van der Waals surface area contributed by atoms with Crippen molar-refractivity contribution in [3.05, 3.63) is 59.7 Å². The molecule has 2 heterocycles. The van der Waals surface area contributed by atoms with Crippen LogP contribution in [-0.4, -0.2) is 118 Å². The lowest BCUT2D eigenvalue weighted by Crippen LogP contribution is -2.36. The van der Waals surface area contributed by atoms with Crippen molar-refractivity contribution in [3.63, 3.8) is 0 Å². The Labute approximate surface area is 352 Å². The highest BCUT2D eigenvalue weighted by Gasteiger charge is 2.34. The maximum atomic E-state index is 12.7. The van der Waals surface area contributed by atoms with Gasteiger partial charge in [0.05, 0.1) is 0 Å². The molecule has 0 bridgehead atoms. The number of hydrogen-bond donors (Lipinski definition) is 3. The number of unbranched alkanes of at least 4 members (excludes halogenated alkanes) is 4. The first-order valence-electron chi connectivity index (χ1n) is 22.3. The molecule has 13 nitrogen and oxygen atoms in total. The lowest BCUT2D eigenvalue weighted by Gasteiger charge is -2.27. The third kappa shape index (κ3) is 16.4. The lowest BCUT2D eigenvalue weighted by molar-refractivity contribution is 0.0555. The average molecular weight is 822 g/mol. The average Bonchev–Trinajstić information content (AvgIpc) is 4.13. The topological polar surface area (TPSA) is 139 Å². The number of nitrogens with zero attached hydrogens (tertiary/aromatic N) is 2. The van der Waals surface area contributed by atoms with Gasteiger partial charge in [-0.25, -0.2) is 14.4 Å². The molecule has 2 aromatic rings. The van der Waals surface area contributed by atoms with Crippen LogP contribution in [0.5, 0.6) is 11.5 Å². The molecule has 3 aliphatic rings. The van der Waals surface area contributed by atoms with Gasteiger partial charge in [0.2, 0.25) is 0 Å². The molecule has 6 atom stereocenters. The lowest BCUT2D eigenvalue weighted by atomic mass is 9.78. The zero-order chi connectivity index (χ0) is 42.0. The zero-order valence-electron chi connectivity index (χ0n) is 36.3. The Morgan fingerprint density at radius 2 is 1.07 bits per heavy atom. The molecule has 3 N–H and O–H groups in total. The molecular weight excluding hydrogens is 751 g/mol. The van der Waals surface area contributed by atoms with E-state index < -0.39 is 18.3 Å². The highest BCUT2D eigenvalue weighted by Crippen LogP contribution is 2.33. The van der Waals surface area contributed by atoms with E-state index >= 15 is 0 Å². The van der Waals surface area contributed by atoms with E-state index in [0.717, 1.165) is 94.2 Å². The van der Waals surface area contributed by atoms with Crippen LogP contribution in [0.4, 0.5) is 14.4 Å². The third-order valence-electron chi connectivity index (χ3n) is 11.7. The summed E-state index contributed by atoms with van der Waals surface area (Å²) in [7, 11) is 0. The van der Waals surface area contributed by atoms with E-state index in [1.54, 1.807) is 0 Å². The molecule has 1 saturated carbocycles. The fourth-order valence-corrected chi connectivity index (χ4v) is 7.46. The first-order chi connectivity index (χ1) is 28.5. The minimum absolute atomic E-state index is 0.0676. The van der Waals surface area contributed by atoms with Gasteiger partial charge in [-0.1, -0.05) is 70.7 Å². The van der Waals surface area contributed by atoms with E-state index in [9.17, 15) is 14.4 Å². The molecule has 2 saturated heterocycles. The van der Waals surface area contributed by atoms with Crippen LogP contribution in [0.3, 0.4) is 0 Å². The molecular formula is C46H71N5O8. The van der Waals surface area contributed by atoms with Crippen molar-refractivity contribution < 1.29 is 38.1 Å². The Morgan fingerprint density at radius 3 is 1.49 bits per heavy atom. The van der Waals surface area contributed by atoms with Crippen molar-refractivity contribution in [2.45, 2.75) is 141 Å². The summed E-state index contributed by atoms with van der Waals surface area (Å²) in [6.07, 6.45) is 9.14. The van der Waals surface area contributed by atoms with E-state index in [0.29, 0.717) is 50.6 Å². The van der Waals surface area contributed by atoms with Crippen molar-refractivity contribution in [2.75, 3.05) is 59.0 Å². The van der Waals surface area contributed by atoms with Gasteiger partial charge in [0.25, 0.3) is 0 Å². The van der Waals surface area contributed by atoms with E-state index in [1.807, 2.05) is 24.3 Å². The van der Waals surface area contributed by atoms with Gasteiger partial charge in [0, 0.05) is 63.3 Å². The second-order valence-electron chi connectivity index (χ2n) is 17.2. The van der Waals surface area contributed by atoms with E-state index in [-0.39, 0.29) is 36.9 Å². The summed E-state index contributed by atoms with van der Waals surface area (Å²) in [4.78, 5) is 41.6. The fourth-order valence-electron chi connectivity index (χ4n) is 7.46. The van der Waals surface area contributed by atoms with Crippen molar-refractivity contribution in [1.29, 1.82) is 0 Å². The smallest absolute Gasteiger partial charge is 0.407 e. The summed E-state index contributed by atoms with van der Waals surface area (Å²) in [5.41, 5.74) is 1.98. The maximum absolute atomic E-state index is 12.7. The third-order valence-corrected chi connectivity index (χ3v) is 11.7. The summed E-state index contributed by atoms with van der Waals surface area (Å²) < 4.78 is 29.3. The van der Waals surface area contributed by atoms with Gasteiger partial charge < -0.3 is 39.6 Å². The standard InChI is InChI=1S/C46H71N5O8/c1-6-7-25-47-44(53)58-41(30-50-28-34(50)2)32-55-38-21-17-36(18-22-38)46(4,5)37-19-23-39(24-20-37)56-33-42(31-51-29-35(51)3)59-45(54)49-27-14-9-8-13-26-48-43(52)57-40-15-11-10-12-16-40/h17-24,34-35,40-42H,6-16,25-33H2,1-5H3,(H,47,53)(H,48,52)(H,49,54). The number of benzene rings is 2. The maximum Gasteiger partial charge on any atom is 0.407 e. The number of ether oxygens (including phenoxy) is 5. The van der Waals surface area contributed by atoms with Crippen molar-refractivity contribution >= 4 is 18.3 Å². The van der Waals surface area contributed by atoms with E-state index in [2.05, 4.69) is 84.6 Å². The van der Waals surface area contributed by atoms with Gasteiger partial charge in [0.15, 0.2) is 12.2 Å². The van der Waals surface area contributed by atoms with Crippen LogP contribution in [-0.2, 0) is 19.6 Å². The molecule has 5 rings (SSSR count). The first kappa shape index (κ1) is 45.8. The van der Waals surface area contributed by atoms with Crippen LogP contribution in [0.1, 0.15) is 116 Å². The molecule has 0 spiro atoms. The molecule has 2 aromatic carbocycles. The minimum Gasteiger partial charge on any atom is -0.490 e. The number of carbonyl (C=O) groups excluding carboxylic acids is 3. The summed E-state index contributed by atoms with van der Waals surface area (Å²) in [5, 5.41) is 8.59. The second-order valence-corrected chi connectivity index (χ2v) is 17.2. The molecule has 1 aliphatic carbocycles. The number of nitrogens with one attached hydrogen (secondary N) is 3. The molecule has 328 valence electrons. The molecule has 0 aromatic heterocycles. The Bertz CT molecular complexity index is 1570. The zero-order valence-corrected chi connectivity index (χ0v) is 36.3. The van der Waals surface area contributed by atoms with Gasteiger partial charge in [-0.2, -0.15) is 0 Å². The summed E-state index contributed by atoms with van der Waals surface area (Å²) in [6.45, 7) is 16.3. The van der Waals surface area contributed by atoms with Crippen LogP contribution in [0.25, 0.3) is 0 Å². The summed E-state index contributed by atoms with van der Waals surface area (Å²) in [5.74, 6) is 1.44. The molecule has 3 fully saturated rings. The Kier molecular flexibility index (Phi) is 18.3. The van der Waals surface area contributed by atoms with Crippen LogP contribution < -0.4 is 25.4 Å². The highest BCUT2D eigenvalue weighted by molar-refractivity contribution is 5.68. The molecule has 0 radical (unpaired) electrons. The minimum atomic E-state index is -0.432. The van der Waals surface area contributed by atoms with Gasteiger partial charge in [-0.05, 0) is 94.2 Å². The molecule has 6 unspecified atom stereocenters. The van der Waals surface area contributed by atoms with Crippen LogP contribution in [0.2, 0.25) is 0 Å². The van der Waals surface area contributed by atoms with Crippen LogP contribution in [0, 0.1) is 0 Å². The fraction of sp³-hybridized carbons (Fsp3) is 0.674. The number of alkyl carbamates (subject to hydrolysis) is 3. The van der Waals surface area contributed by atoms with Crippen LogP contribution in [0.15, 0.2) is 48.5 Å². The summed E-state index contributed by atoms with van der Waals surface area (Å²) >= 11 is 0. The van der Waals surface area contributed by atoms with E-state index in [4.69, 9.17) is 23.7 Å². The van der Waals surface area contributed by atoms with Gasteiger partial charge >= 0.3 is 18.3 Å². The monoisotopic (exact) mass is 822 g/mol. The SMILES string of the molecule is CCCCNC(=O)OC(COc1ccc(C(C)(C)c2ccc(OCC(CN3CC3C)OC(=O)NCCCCCCNC(=O)OC3CCCCC3)cc2)cc1)CN1CC1C. The number of amides is 3. The van der Waals surface area contributed by atoms with Crippen molar-refractivity contribution in [1.82, 2.24) is 25.8 Å². The Morgan fingerprint density at radius 1 is 0.644 bits per heavy atom. The summed E-state index contributed by atoms with van der Waals surface area (Å²) in [6, 6.07) is 17.2. The van der Waals surface area contributed by atoms with E-state index in [1.165, 1.54) is 6.42 Å². The second kappa shape index (κ2) is 23.5.